The van der Waals surface area contributed by atoms with Crippen molar-refractivity contribution in [2.45, 2.75) is 45.6 Å². The van der Waals surface area contributed by atoms with E-state index in [0.717, 1.165) is 23.9 Å². The summed E-state index contributed by atoms with van der Waals surface area (Å²) in [6.45, 7) is 5.11. The molecule has 1 aromatic heterocycles. The molecule has 0 aliphatic heterocycles. The average molecular weight is 222 g/mol. The second kappa shape index (κ2) is 4.23. The molecule has 5 nitrogen and oxygen atoms in total. The lowest BCUT2D eigenvalue weighted by atomic mass is 10.1. The minimum absolute atomic E-state index is 0.193. The van der Waals surface area contributed by atoms with Crippen molar-refractivity contribution in [1.29, 1.82) is 0 Å². The van der Waals surface area contributed by atoms with E-state index in [-0.39, 0.29) is 12.3 Å². The molecule has 88 valence electrons. The molecule has 2 rings (SSSR count). The van der Waals surface area contributed by atoms with Crippen molar-refractivity contribution >= 4 is 5.91 Å². The van der Waals surface area contributed by atoms with Crippen molar-refractivity contribution in [3.8, 4) is 0 Å². The zero-order valence-corrected chi connectivity index (χ0v) is 9.81. The first kappa shape index (κ1) is 11.1. The number of carbonyl (C=O) groups is 1. The summed E-state index contributed by atoms with van der Waals surface area (Å²) in [5, 5.41) is 8.20. The minimum atomic E-state index is -0.347. The van der Waals surface area contributed by atoms with Gasteiger partial charge in [0.05, 0.1) is 17.8 Å². The Bertz CT molecular complexity index is 393. The van der Waals surface area contributed by atoms with Crippen LogP contribution >= 0.6 is 0 Å². The molecular formula is C11H18N4O. The van der Waals surface area contributed by atoms with Crippen LogP contribution in [-0.2, 0) is 17.8 Å². The van der Waals surface area contributed by atoms with E-state index < -0.39 is 0 Å². The molecule has 5 heteroatoms. The van der Waals surface area contributed by atoms with Crippen LogP contribution in [0.4, 0.5) is 0 Å². The molecule has 1 amide bonds. The van der Waals surface area contributed by atoms with Crippen molar-refractivity contribution in [1.82, 2.24) is 15.0 Å². The molecule has 0 radical (unpaired) electrons. The number of nitrogens with two attached hydrogens (primary N) is 1. The molecule has 0 unspecified atom stereocenters. The van der Waals surface area contributed by atoms with Gasteiger partial charge in [0.25, 0.3) is 0 Å². The highest BCUT2D eigenvalue weighted by Gasteiger charge is 2.25. The third-order valence-electron chi connectivity index (χ3n) is 2.86. The van der Waals surface area contributed by atoms with Gasteiger partial charge >= 0.3 is 0 Å². The van der Waals surface area contributed by atoms with Gasteiger partial charge in [-0.2, -0.15) is 0 Å². The summed E-state index contributed by atoms with van der Waals surface area (Å²) in [4.78, 5) is 10.9. The summed E-state index contributed by atoms with van der Waals surface area (Å²) < 4.78 is 1.95. The summed E-state index contributed by atoms with van der Waals surface area (Å²) in [6.07, 6.45) is 2.75. The summed E-state index contributed by atoms with van der Waals surface area (Å²) in [7, 11) is 0. The fourth-order valence-corrected chi connectivity index (χ4v) is 1.96. The lowest BCUT2D eigenvalue weighted by Gasteiger charge is -2.09. The molecule has 1 heterocycles. The molecule has 0 spiro atoms. The van der Waals surface area contributed by atoms with Crippen molar-refractivity contribution in [3.63, 3.8) is 0 Å². The van der Waals surface area contributed by atoms with Gasteiger partial charge in [-0.1, -0.05) is 19.1 Å². The van der Waals surface area contributed by atoms with Gasteiger partial charge in [0.15, 0.2) is 0 Å². The maximum Gasteiger partial charge on any atom is 0.223 e. The maximum absolute atomic E-state index is 10.9. The Kier molecular flexibility index (Phi) is 2.94. The quantitative estimate of drug-likeness (QED) is 0.802. The first-order valence-corrected chi connectivity index (χ1v) is 5.78. The second-order valence-corrected chi connectivity index (χ2v) is 4.84. The highest BCUT2D eigenvalue weighted by molar-refractivity contribution is 5.76. The summed E-state index contributed by atoms with van der Waals surface area (Å²) in [5.74, 6) is 0.726. The van der Waals surface area contributed by atoms with E-state index in [2.05, 4.69) is 24.2 Å². The number of aromatic nitrogens is 3. The van der Waals surface area contributed by atoms with E-state index >= 15 is 0 Å². The number of hydrogen-bond donors (Lipinski definition) is 1. The predicted octanol–water partition coefficient (Wildman–Crippen LogP) is 0.839. The van der Waals surface area contributed by atoms with E-state index in [1.165, 1.54) is 12.8 Å². The van der Waals surface area contributed by atoms with Crippen LogP contribution in [0.5, 0.6) is 0 Å². The van der Waals surface area contributed by atoms with Gasteiger partial charge in [0, 0.05) is 6.54 Å². The van der Waals surface area contributed by atoms with Crippen molar-refractivity contribution < 1.29 is 4.79 Å². The van der Waals surface area contributed by atoms with Crippen molar-refractivity contribution in [3.05, 3.63) is 11.4 Å². The van der Waals surface area contributed by atoms with Crippen LogP contribution in [0, 0.1) is 5.92 Å². The topological polar surface area (TPSA) is 73.8 Å². The number of hydrogen-bond acceptors (Lipinski definition) is 3. The van der Waals surface area contributed by atoms with Gasteiger partial charge in [-0.05, 0) is 24.7 Å². The lowest BCUT2D eigenvalue weighted by Crippen LogP contribution is -2.16. The SMILES string of the molecule is CC(C)c1c(CC(N)=O)nnn1CC1CC1. The van der Waals surface area contributed by atoms with Gasteiger partial charge in [-0.15, -0.1) is 5.10 Å². The van der Waals surface area contributed by atoms with E-state index in [0.29, 0.717) is 5.92 Å². The Morgan fingerprint density at radius 1 is 1.56 bits per heavy atom. The first-order valence-electron chi connectivity index (χ1n) is 5.78. The average Bonchev–Trinajstić information content (AvgIpc) is 2.87. The fraction of sp³-hybridized carbons (Fsp3) is 0.727. The monoisotopic (exact) mass is 222 g/mol. The molecule has 0 saturated heterocycles. The van der Waals surface area contributed by atoms with Crippen molar-refractivity contribution in [2.75, 3.05) is 0 Å². The second-order valence-electron chi connectivity index (χ2n) is 4.84. The van der Waals surface area contributed by atoms with E-state index in [4.69, 9.17) is 5.73 Å². The highest BCUT2D eigenvalue weighted by atomic mass is 16.1. The van der Waals surface area contributed by atoms with Gasteiger partial charge in [0.2, 0.25) is 5.91 Å². The Balaban J connectivity index is 2.22. The predicted molar refractivity (Wildman–Crippen MR) is 59.7 cm³/mol. The molecule has 2 N–H and O–H groups in total. The number of primary amides is 1. The normalized spacial score (nSPS) is 15.7. The lowest BCUT2D eigenvalue weighted by molar-refractivity contribution is -0.117. The number of rotatable bonds is 5. The van der Waals surface area contributed by atoms with Gasteiger partial charge in [-0.25, -0.2) is 4.68 Å². The molecule has 0 atom stereocenters. The molecule has 0 aromatic carbocycles. The van der Waals surface area contributed by atoms with Gasteiger partial charge < -0.3 is 5.73 Å². The standard InChI is InChI=1S/C11H18N4O/c1-7(2)11-9(5-10(12)16)13-14-15(11)6-8-3-4-8/h7-8H,3-6H2,1-2H3,(H2,12,16). The third-order valence-corrected chi connectivity index (χ3v) is 2.86. The zero-order valence-electron chi connectivity index (χ0n) is 9.81. The van der Waals surface area contributed by atoms with Crippen LogP contribution in [-0.4, -0.2) is 20.9 Å². The number of amides is 1. The van der Waals surface area contributed by atoms with Crippen LogP contribution in [0.2, 0.25) is 0 Å². The Labute approximate surface area is 95.0 Å². The Hall–Kier alpha value is -1.39. The first-order chi connectivity index (χ1) is 7.58. The Morgan fingerprint density at radius 2 is 2.25 bits per heavy atom. The van der Waals surface area contributed by atoms with E-state index in [1.54, 1.807) is 0 Å². The molecular weight excluding hydrogens is 204 g/mol. The van der Waals surface area contributed by atoms with Crippen LogP contribution in [0.15, 0.2) is 0 Å². The minimum Gasteiger partial charge on any atom is -0.369 e. The van der Waals surface area contributed by atoms with E-state index in [9.17, 15) is 4.79 Å². The number of carbonyl (C=O) groups excluding carboxylic acids is 1. The number of nitrogens with zero attached hydrogens (tertiary/aromatic N) is 3. The molecule has 1 aliphatic carbocycles. The molecule has 0 bridgehead atoms. The molecule has 16 heavy (non-hydrogen) atoms. The van der Waals surface area contributed by atoms with Crippen molar-refractivity contribution in [2.24, 2.45) is 11.7 Å². The van der Waals surface area contributed by atoms with Crippen LogP contribution < -0.4 is 5.73 Å². The third kappa shape index (κ3) is 2.40. The van der Waals surface area contributed by atoms with Gasteiger partial charge in [0.1, 0.15) is 0 Å². The fourth-order valence-electron chi connectivity index (χ4n) is 1.96. The highest BCUT2D eigenvalue weighted by Crippen LogP contribution is 2.31. The molecule has 1 aliphatic rings. The Morgan fingerprint density at radius 3 is 2.75 bits per heavy atom. The molecule has 1 fully saturated rings. The summed E-state index contributed by atoms with van der Waals surface area (Å²) >= 11 is 0. The van der Waals surface area contributed by atoms with Crippen LogP contribution in [0.1, 0.15) is 44.0 Å². The smallest absolute Gasteiger partial charge is 0.223 e. The maximum atomic E-state index is 10.9. The van der Waals surface area contributed by atoms with Gasteiger partial charge in [-0.3, -0.25) is 4.79 Å². The summed E-state index contributed by atoms with van der Waals surface area (Å²) in [5.41, 5.74) is 7.00. The van der Waals surface area contributed by atoms with Crippen LogP contribution in [0.3, 0.4) is 0 Å². The van der Waals surface area contributed by atoms with Crippen LogP contribution in [0.25, 0.3) is 0 Å². The largest absolute Gasteiger partial charge is 0.369 e. The zero-order chi connectivity index (χ0) is 11.7. The molecule has 1 saturated carbocycles. The molecule has 1 aromatic rings. The van der Waals surface area contributed by atoms with E-state index in [1.807, 2.05) is 4.68 Å². The summed E-state index contributed by atoms with van der Waals surface area (Å²) in [6, 6.07) is 0.